The van der Waals surface area contributed by atoms with E-state index in [1.165, 1.54) is 17.8 Å². The van der Waals surface area contributed by atoms with Gasteiger partial charge in [0.2, 0.25) is 5.82 Å². The van der Waals surface area contributed by atoms with Crippen LogP contribution in [0.1, 0.15) is 5.69 Å². The SMILES string of the molecule is Cc1nn(C)cc1S(=O)(=O)Nc1ccc(F)c([N+](=O)[O-])c1. The van der Waals surface area contributed by atoms with Crippen molar-refractivity contribution in [3.8, 4) is 0 Å². The minimum Gasteiger partial charge on any atom is -0.279 e. The highest BCUT2D eigenvalue weighted by molar-refractivity contribution is 7.92. The molecular weight excluding hydrogens is 303 g/mol. The second kappa shape index (κ2) is 5.13. The van der Waals surface area contributed by atoms with Crippen LogP contribution in [0.2, 0.25) is 0 Å². The van der Waals surface area contributed by atoms with Gasteiger partial charge in [-0.2, -0.15) is 9.49 Å². The third-order valence-electron chi connectivity index (χ3n) is 2.65. The molecule has 1 N–H and O–H groups in total. The van der Waals surface area contributed by atoms with Gasteiger partial charge in [0.05, 0.1) is 16.3 Å². The molecule has 0 fully saturated rings. The predicted octanol–water partition coefficient (Wildman–Crippen LogP) is 1.58. The molecule has 0 saturated carbocycles. The topological polar surface area (TPSA) is 107 Å². The summed E-state index contributed by atoms with van der Waals surface area (Å²) >= 11 is 0. The predicted molar refractivity (Wildman–Crippen MR) is 71.8 cm³/mol. The smallest absolute Gasteiger partial charge is 0.279 e. The number of rotatable bonds is 4. The Morgan fingerprint density at radius 1 is 1.43 bits per heavy atom. The largest absolute Gasteiger partial charge is 0.306 e. The number of benzene rings is 1. The van der Waals surface area contributed by atoms with Crippen LogP contribution in [0.3, 0.4) is 0 Å². The number of nitrogens with zero attached hydrogens (tertiary/aromatic N) is 3. The first-order valence-corrected chi connectivity index (χ1v) is 7.16. The van der Waals surface area contributed by atoms with Gasteiger partial charge in [-0.1, -0.05) is 0 Å². The number of sulfonamides is 1. The lowest BCUT2D eigenvalue weighted by Gasteiger charge is -2.07. The second-order valence-corrected chi connectivity index (χ2v) is 5.93. The first kappa shape index (κ1) is 14.9. The first-order chi connectivity index (χ1) is 9.70. The van der Waals surface area contributed by atoms with E-state index in [0.29, 0.717) is 0 Å². The summed E-state index contributed by atoms with van der Waals surface area (Å²) in [6.45, 7) is 1.52. The van der Waals surface area contributed by atoms with Crippen molar-refractivity contribution in [2.24, 2.45) is 7.05 Å². The van der Waals surface area contributed by atoms with Crippen LogP contribution in [0, 0.1) is 22.9 Å². The fourth-order valence-electron chi connectivity index (χ4n) is 1.77. The summed E-state index contributed by atoms with van der Waals surface area (Å²) in [5, 5.41) is 14.6. The van der Waals surface area contributed by atoms with E-state index in [-0.39, 0.29) is 16.3 Å². The van der Waals surface area contributed by atoms with Crippen molar-refractivity contribution in [3.05, 3.63) is 46.0 Å². The van der Waals surface area contributed by atoms with Gasteiger partial charge in [-0.05, 0) is 19.1 Å². The number of nitro groups is 1. The van der Waals surface area contributed by atoms with Crippen molar-refractivity contribution < 1.29 is 17.7 Å². The Balaban J connectivity index is 2.40. The number of aryl methyl sites for hydroxylation is 2. The van der Waals surface area contributed by atoms with Gasteiger partial charge in [-0.25, -0.2) is 8.42 Å². The summed E-state index contributed by atoms with van der Waals surface area (Å²) in [5.41, 5.74) is -0.633. The Hall–Kier alpha value is -2.49. The molecule has 1 aromatic carbocycles. The molecule has 21 heavy (non-hydrogen) atoms. The highest BCUT2D eigenvalue weighted by Gasteiger charge is 2.22. The van der Waals surface area contributed by atoms with Gasteiger partial charge in [0.15, 0.2) is 0 Å². The van der Waals surface area contributed by atoms with Crippen molar-refractivity contribution >= 4 is 21.4 Å². The van der Waals surface area contributed by atoms with Gasteiger partial charge in [-0.15, -0.1) is 0 Å². The van der Waals surface area contributed by atoms with Gasteiger partial charge < -0.3 is 0 Å². The number of nitro benzene ring substituents is 1. The molecule has 0 saturated heterocycles. The number of halogens is 1. The van der Waals surface area contributed by atoms with Crippen LogP contribution in [0.5, 0.6) is 0 Å². The fourth-order valence-corrected chi connectivity index (χ4v) is 3.04. The molecule has 0 spiro atoms. The molecule has 1 heterocycles. The lowest BCUT2D eigenvalue weighted by atomic mass is 10.3. The van der Waals surface area contributed by atoms with E-state index >= 15 is 0 Å². The second-order valence-electron chi connectivity index (χ2n) is 4.28. The normalized spacial score (nSPS) is 11.4. The highest BCUT2D eigenvalue weighted by Crippen LogP contribution is 2.24. The molecule has 2 rings (SSSR count). The van der Waals surface area contributed by atoms with Crippen LogP contribution in [0.4, 0.5) is 15.8 Å². The average Bonchev–Trinajstić information content (AvgIpc) is 2.71. The van der Waals surface area contributed by atoms with Crippen molar-refractivity contribution in [2.75, 3.05) is 4.72 Å². The maximum atomic E-state index is 13.2. The molecule has 0 aliphatic heterocycles. The Bertz CT molecular complexity index is 816. The summed E-state index contributed by atoms with van der Waals surface area (Å²) in [6.07, 6.45) is 1.30. The lowest BCUT2D eigenvalue weighted by Crippen LogP contribution is -2.13. The fraction of sp³-hybridized carbons (Fsp3) is 0.182. The van der Waals surface area contributed by atoms with Gasteiger partial charge in [0, 0.05) is 19.3 Å². The molecule has 0 radical (unpaired) electrons. The van der Waals surface area contributed by atoms with Gasteiger partial charge in [0.1, 0.15) is 4.90 Å². The monoisotopic (exact) mass is 314 g/mol. The number of aromatic nitrogens is 2. The molecule has 0 amide bonds. The van der Waals surface area contributed by atoms with Gasteiger partial charge >= 0.3 is 5.69 Å². The van der Waals surface area contributed by atoms with Crippen molar-refractivity contribution in [1.29, 1.82) is 0 Å². The third kappa shape index (κ3) is 2.99. The highest BCUT2D eigenvalue weighted by atomic mass is 32.2. The van der Waals surface area contributed by atoms with Crippen LogP contribution in [-0.4, -0.2) is 23.1 Å². The molecule has 2 aromatic rings. The molecule has 0 unspecified atom stereocenters. The van der Waals surface area contributed by atoms with E-state index in [1.807, 2.05) is 0 Å². The standard InChI is InChI=1S/C11H11FN4O4S/c1-7-11(6-15(2)13-7)21(19,20)14-8-3-4-9(12)10(5-8)16(17)18/h3-6,14H,1-2H3. The average molecular weight is 314 g/mol. The molecule has 10 heteroatoms. The molecule has 0 aliphatic carbocycles. The minimum atomic E-state index is -3.96. The van der Waals surface area contributed by atoms with E-state index in [0.717, 1.165) is 18.2 Å². The molecule has 0 aliphatic rings. The van der Waals surface area contributed by atoms with Crippen molar-refractivity contribution in [2.45, 2.75) is 11.8 Å². The molecule has 0 bridgehead atoms. The molecule has 8 nitrogen and oxygen atoms in total. The van der Waals surface area contributed by atoms with E-state index < -0.39 is 26.5 Å². The van der Waals surface area contributed by atoms with Gasteiger partial charge in [-0.3, -0.25) is 19.5 Å². The summed E-state index contributed by atoms with van der Waals surface area (Å²) in [7, 11) is -2.39. The van der Waals surface area contributed by atoms with Crippen molar-refractivity contribution in [1.82, 2.24) is 9.78 Å². The Kier molecular flexibility index (Phi) is 3.64. The Labute approximate surface area is 119 Å². The lowest BCUT2D eigenvalue weighted by molar-refractivity contribution is -0.387. The Morgan fingerprint density at radius 3 is 2.62 bits per heavy atom. The zero-order chi connectivity index (χ0) is 15.8. The van der Waals surface area contributed by atoms with E-state index in [1.54, 1.807) is 7.05 Å². The summed E-state index contributed by atoms with van der Waals surface area (Å²) in [4.78, 5) is 9.66. The zero-order valence-corrected chi connectivity index (χ0v) is 11.9. The van der Waals surface area contributed by atoms with E-state index in [9.17, 15) is 22.9 Å². The number of hydrogen-bond acceptors (Lipinski definition) is 5. The molecular formula is C11H11FN4O4S. The van der Waals surface area contributed by atoms with E-state index in [4.69, 9.17) is 0 Å². The van der Waals surface area contributed by atoms with E-state index in [2.05, 4.69) is 9.82 Å². The quantitative estimate of drug-likeness (QED) is 0.681. The van der Waals surface area contributed by atoms with Gasteiger partial charge in [0.25, 0.3) is 10.0 Å². The summed E-state index contributed by atoms with van der Waals surface area (Å²) in [5.74, 6) is -1.04. The molecule has 1 aromatic heterocycles. The molecule has 112 valence electrons. The third-order valence-corrected chi connectivity index (χ3v) is 4.14. The summed E-state index contributed by atoms with van der Waals surface area (Å²) in [6, 6.07) is 2.75. The number of anilines is 1. The first-order valence-electron chi connectivity index (χ1n) is 5.68. The maximum Gasteiger partial charge on any atom is 0.306 e. The van der Waals surface area contributed by atoms with Crippen LogP contribution >= 0.6 is 0 Å². The van der Waals surface area contributed by atoms with Crippen LogP contribution < -0.4 is 4.72 Å². The minimum absolute atomic E-state index is 0.0584. The number of hydrogen-bond donors (Lipinski definition) is 1. The summed E-state index contributed by atoms with van der Waals surface area (Å²) < 4.78 is 41.0. The van der Waals surface area contributed by atoms with Crippen molar-refractivity contribution in [3.63, 3.8) is 0 Å². The van der Waals surface area contributed by atoms with Crippen LogP contribution in [0.15, 0.2) is 29.3 Å². The van der Waals surface area contributed by atoms with Crippen LogP contribution in [-0.2, 0) is 17.1 Å². The zero-order valence-electron chi connectivity index (χ0n) is 11.1. The van der Waals surface area contributed by atoms with Crippen LogP contribution in [0.25, 0.3) is 0 Å². The maximum absolute atomic E-state index is 13.2. The molecule has 0 atom stereocenters. The Morgan fingerprint density at radius 2 is 2.10 bits per heavy atom. The number of nitrogens with one attached hydrogen (secondary N) is 1.